The Labute approximate surface area is 225 Å². The number of hydrogen-bond donors (Lipinski definition) is 3. The topological polar surface area (TPSA) is 131 Å². The normalized spacial score (nSPS) is 12.9. The fraction of sp³-hybridized carbons (Fsp3) is 0.448. The molecule has 0 spiro atoms. The van der Waals surface area contributed by atoms with Gasteiger partial charge in [-0.05, 0) is 78.1 Å². The van der Waals surface area contributed by atoms with Crippen molar-refractivity contribution in [3.63, 3.8) is 0 Å². The molecule has 2 unspecified atom stereocenters. The number of aryl methyl sites for hydroxylation is 3. The summed E-state index contributed by atoms with van der Waals surface area (Å²) in [6.07, 6.45) is -1.33. The zero-order valence-electron chi connectivity index (χ0n) is 23.5. The number of ether oxygens (including phenoxy) is 1. The lowest BCUT2D eigenvalue weighted by atomic mass is 9.95. The number of rotatable bonds is 9. The van der Waals surface area contributed by atoms with Crippen LogP contribution in [0.15, 0.2) is 42.5 Å². The summed E-state index contributed by atoms with van der Waals surface area (Å²) in [4.78, 5) is 53.7. The van der Waals surface area contributed by atoms with Crippen molar-refractivity contribution in [3.05, 3.63) is 64.7 Å². The second-order valence-electron chi connectivity index (χ2n) is 10.8. The largest absolute Gasteiger partial charge is 0.444 e. The summed E-state index contributed by atoms with van der Waals surface area (Å²) >= 11 is 0. The van der Waals surface area contributed by atoms with Crippen LogP contribution in [0.25, 0.3) is 0 Å². The van der Waals surface area contributed by atoms with E-state index in [1.807, 2.05) is 57.2 Å². The molecule has 0 saturated heterocycles. The maximum atomic E-state index is 14.0. The first-order valence-corrected chi connectivity index (χ1v) is 12.6. The maximum absolute atomic E-state index is 14.0. The Bertz CT molecular complexity index is 1190. The molecule has 2 atom stereocenters. The Morgan fingerprint density at radius 2 is 1.61 bits per heavy atom. The van der Waals surface area contributed by atoms with Crippen LogP contribution in [0.4, 0.5) is 10.5 Å². The fourth-order valence-corrected chi connectivity index (χ4v) is 4.17. The Morgan fingerprint density at radius 1 is 0.974 bits per heavy atom. The number of alkyl carbamates (subject to hydrolysis) is 1. The van der Waals surface area contributed by atoms with Crippen LogP contribution in [-0.4, -0.2) is 46.4 Å². The Hall–Kier alpha value is -3.88. The van der Waals surface area contributed by atoms with E-state index in [4.69, 9.17) is 10.5 Å². The van der Waals surface area contributed by atoms with Crippen LogP contribution in [0.5, 0.6) is 0 Å². The molecule has 0 heterocycles. The first-order valence-electron chi connectivity index (χ1n) is 12.6. The monoisotopic (exact) mass is 524 g/mol. The quantitative estimate of drug-likeness (QED) is 0.450. The summed E-state index contributed by atoms with van der Waals surface area (Å²) < 4.78 is 5.31. The minimum Gasteiger partial charge on any atom is -0.444 e. The molecule has 0 aliphatic rings. The minimum absolute atomic E-state index is 0.427. The van der Waals surface area contributed by atoms with Crippen LogP contribution < -0.4 is 16.4 Å². The number of para-hydroxylation sites is 1. The van der Waals surface area contributed by atoms with Crippen LogP contribution >= 0.6 is 0 Å². The van der Waals surface area contributed by atoms with Gasteiger partial charge in [0.15, 0.2) is 0 Å². The lowest BCUT2D eigenvalue weighted by Gasteiger charge is -2.37. The molecule has 206 valence electrons. The fourth-order valence-electron chi connectivity index (χ4n) is 4.17. The summed E-state index contributed by atoms with van der Waals surface area (Å²) in [6.45, 7) is 14.3. The molecule has 0 bridgehead atoms. The smallest absolute Gasteiger partial charge is 0.408 e. The van der Waals surface area contributed by atoms with E-state index >= 15 is 0 Å². The van der Waals surface area contributed by atoms with E-state index in [9.17, 15) is 19.2 Å². The van der Waals surface area contributed by atoms with Gasteiger partial charge < -0.3 is 26.0 Å². The Balaban J connectivity index is 2.59. The number of anilines is 1. The Kier molecular flexibility index (Phi) is 10.0. The molecule has 0 aromatic heterocycles. The Morgan fingerprint density at radius 3 is 2.13 bits per heavy atom. The van der Waals surface area contributed by atoms with Crippen LogP contribution in [0.1, 0.15) is 69.3 Å². The van der Waals surface area contributed by atoms with Gasteiger partial charge in [0, 0.05) is 11.7 Å². The molecule has 4 amide bonds. The number of carbonyl (C=O) groups is 4. The third kappa shape index (κ3) is 8.33. The molecule has 2 rings (SSSR count). The predicted octanol–water partition coefficient (Wildman–Crippen LogP) is 4.30. The number of carbonyl (C=O) groups excluding carboxylic acids is 4. The van der Waals surface area contributed by atoms with E-state index in [0.29, 0.717) is 11.3 Å². The number of amides is 4. The van der Waals surface area contributed by atoms with Crippen molar-refractivity contribution in [2.45, 2.75) is 85.5 Å². The number of benzene rings is 2. The second kappa shape index (κ2) is 12.6. The van der Waals surface area contributed by atoms with Crippen LogP contribution in [0, 0.1) is 20.8 Å². The van der Waals surface area contributed by atoms with Crippen molar-refractivity contribution in [1.82, 2.24) is 10.2 Å². The number of primary amides is 1. The van der Waals surface area contributed by atoms with E-state index in [0.717, 1.165) is 16.7 Å². The summed E-state index contributed by atoms with van der Waals surface area (Å²) in [5.41, 5.74) is 8.54. The van der Waals surface area contributed by atoms with Gasteiger partial charge in [-0.25, -0.2) is 4.79 Å². The summed E-state index contributed by atoms with van der Waals surface area (Å²) in [5.74, 6) is -1.84. The predicted molar refractivity (Wildman–Crippen MR) is 147 cm³/mol. The van der Waals surface area contributed by atoms with Gasteiger partial charge in [-0.3, -0.25) is 14.4 Å². The van der Waals surface area contributed by atoms with E-state index in [1.165, 1.54) is 4.90 Å². The first-order chi connectivity index (χ1) is 17.6. The number of nitrogens with two attached hydrogens (primary N) is 1. The van der Waals surface area contributed by atoms with Crippen molar-refractivity contribution in [3.8, 4) is 0 Å². The maximum Gasteiger partial charge on any atom is 0.408 e. The van der Waals surface area contributed by atoms with Crippen LogP contribution in [0.2, 0.25) is 0 Å². The summed E-state index contributed by atoms with van der Waals surface area (Å²) in [6, 6.07) is 10.1. The van der Waals surface area contributed by atoms with Gasteiger partial charge in [0.2, 0.25) is 11.8 Å². The molecular weight excluding hydrogens is 484 g/mol. The summed E-state index contributed by atoms with van der Waals surface area (Å²) in [7, 11) is 0. The standard InChI is InChI=1S/C29H40N4O5/c1-17(2)33(27(36)23(16-24(30)34)32-28(37)38-29(6,7)8)25(21-14-13-18(3)15-20(21)5)26(35)31-22-12-10-9-11-19(22)4/h9-15,17,23,25H,16H2,1-8H3,(H2,30,34)(H,31,35)(H,32,37). The molecule has 2 aromatic carbocycles. The van der Waals surface area contributed by atoms with Gasteiger partial charge in [-0.1, -0.05) is 42.0 Å². The van der Waals surface area contributed by atoms with Gasteiger partial charge in [0.05, 0.1) is 6.42 Å². The zero-order valence-corrected chi connectivity index (χ0v) is 23.5. The van der Waals surface area contributed by atoms with Crippen molar-refractivity contribution < 1.29 is 23.9 Å². The van der Waals surface area contributed by atoms with E-state index < -0.39 is 54.0 Å². The lowest BCUT2D eigenvalue weighted by molar-refractivity contribution is -0.143. The van der Waals surface area contributed by atoms with Crippen LogP contribution in [-0.2, 0) is 19.1 Å². The molecule has 0 radical (unpaired) electrons. The van der Waals surface area contributed by atoms with Gasteiger partial charge in [-0.2, -0.15) is 0 Å². The summed E-state index contributed by atoms with van der Waals surface area (Å²) in [5, 5.41) is 5.44. The molecule has 9 nitrogen and oxygen atoms in total. The average Bonchev–Trinajstić information content (AvgIpc) is 2.76. The zero-order chi connectivity index (χ0) is 28.8. The van der Waals surface area contributed by atoms with Gasteiger partial charge in [0.1, 0.15) is 17.7 Å². The highest BCUT2D eigenvalue weighted by Gasteiger charge is 2.39. The molecule has 9 heteroatoms. The highest BCUT2D eigenvalue weighted by molar-refractivity contribution is 6.00. The molecule has 2 aromatic rings. The van der Waals surface area contributed by atoms with Crippen molar-refractivity contribution in [2.24, 2.45) is 5.73 Å². The second-order valence-corrected chi connectivity index (χ2v) is 10.8. The molecule has 38 heavy (non-hydrogen) atoms. The molecule has 0 saturated carbocycles. The number of nitrogens with zero attached hydrogens (tertiary/aromatic N) is 1. The van der Waals surface area contributed by atoms with Gasteiger partial charge in [0.25, 0.3) is 5.91 Å². The lowest BCUT2D eigenvalue weighted by Crippen LogP contribution is -2.55. The van der Waals surface area contributed by atoms with Gasteiger partial charge in [-0.15, -0.1) is 0 Å². The van der Waals surface area contributed by atoms with Crippen molar-refractivity contribution in [1.29, 1.82) is 0 Å². The number of nitrogens with one attached hydrogen (secondary N) is 2. The molecule has 0 aliphatic carbocycles. The van der Waals surface area contributed by atoms with E-state index in [-0.39, 0.29) is 0 Å². The highest BCUT2D eigenvalue weighted by atomic mass is 16.6. The molecular formula is C29H40N4O5. The third-order valence-corrected chi connectivity index (χ3v) is 5.85. The third-order valence-electron chi connectivity index (χ3n) is 5.85. The highest BCUT2D eigenvalue weighted by Crippen LogP contribution is 2.30. The van der Waals surface area contributed by atoms with Crippen molar-refractivity contribution >= 4 is 29.5 Å². The average molecular weight is 525 g/mol. The SMILES string of the molecule is Cc1ccc(C(C(=O)Nc2ccccc2C)N(C(=O)C(CC(N)=O)NC(=O)OC(C)(C)C)C(C)C)c(C)c1. The number of hydrogen-bond acceptors (Lipinski definition) is 5. The molecule has 0 fully saturated rings. The van der Waals surface area contributed by atoms with Gasteiger partial charge >= 0.3 is 6.09 Å². The minimum atomic E-state index is -1.33. The van der Waals surface area contributed by atoms with Crippen molar-refractivity contribution in [2.75, 3.05) is 5.32 Å². The van der Waals surface area contributed by atoms with E-state index in [2.05, 4.69) is 10.6 Å². The van der Waals surface area contributed by atoms with E-state index in [1.54, 1.807) is 40.7 Å². The molecule has 0 aliphatic heterocycles. The van der Waals surface area contributed by atoms with Crippen LogP contribution in [0.3, 0.4) is 0 Å². The first kappa shape index (κ1) is 30.3. The molecule has 4 N–H and O–H groups in total.